The molecule has 6 nitrogen and oxygen atoms in total. The zero-order valence-corrected chi connectivity index (χ0v) is 13.3. The number of H-pyrrole nitrogens is 1. The van der Waals surface area contributed by atoms with Gasteiger partial charge in [-0.1, -0.05) is 36.0 Å². The number of hydrogen-bond donors (Lipinski definition) is 1. The molecule has 0 radical (unpaired) electrons. The second-order valence-corrected chi connectivity index (χ2v) is 6.13. The topological polar surface area (TPSA) is 80.6 Å². The molecule has 0 saturated heterocycles. The van der Waals surface area contributed by atoms with Crippen molar-refractivity contribution < 1.29 is 0 Å². The molecule has 2 heterocycles. The van der Waals surface area contributed by atoms with Crippen molar-refractivity contribution in [1.29, 1.82) is 0 Å². The highest BCUT2D eigenvalue weighted by atomic mass is 32.2. The van der Waals surface area contributed by atoms with Gasteiger partial charge in [0.25, 0.3) is 11.1 Å². The van der Waals surface area contributed by atoms with Crippen molar-refractivity contribution in [3.63, 3.8) is 0 Å². The van der Waals surface area contributed by atoms with E-state index in [1.54, 1.807) is 30.3 Å². The average molecular weight is 336 g/mol. The van der Waals surface area contributed by atoms with Crippen LogP contribution in [-0.2, 0) is 5.88 Å². The number of aromatic amines is 1. The van der Waals surface area contributed by atoms with Crippen LogP contribution in [0.15, 0.2) is 69.6 Å². The minimum atomic E-state index is -0.188. The van der Waals surface area contributed by atoms with Crippen molar-refractivity contribution in [3.05, 3.63) is 75.6 Å². The first-order chi connectivity index (χ1) is 11.7. The van der Waals surface area contributed by atoms with E-state index in [0.29, 0.717) is 32.8 Å². The highest BCUT2D eigenvalue weighted by molar-refractivity contribution is 7.98. The molecule has 0 aliphatic heterocycles. The molecule has 0 aliphatic carbocycles. The van der Waals surface area contributed by atoms with E-state index in [-0.39, 0.29) is 11.1 Å². The van der Waals surface area contributed by atoms with E-state index in [4.69, 9.17) is 0 Å². The van der Waals surface area contributed by atoms with Crippen LogP contribution in [0.3, 0.4) is 0 Å². The second-order valence-electron chi connectivity index (χ2n) is 5.20. The van der Waals surface area contributed by atoms with Gasteiger partial charge in [-0.2, -0.15) is 0 Å². The number of fused-ring (bicyclic) bond motifs is 2. The number of thioether (sulfide) groups is 1. The van der Waals surface area contributed by atoms with E-state index in [2.05, 4.69) is 15.0 Å². The van der Waals surface area contributed by atoms with Gasteiger partial charge in [-0.05, 0) is 24.3 Å². The molecule has 0 amide bonds. The number of nitrogens with zero attached hydrogens (tertiary/aromatic N) is 3. The van der Waals surface area contributed by atoms with Crippen LogP contribution < -0.4 is 11.1 Å². The standard InChI is InChI=1S/C17H12N4O2S/c22-15-11-5-1-4-8-14(11)19-17(20-15)24-10-21-9-18-13-7-3-2-6-12(13)16(21)23/h1-9H,10H2,(H,19,20,22). The van der Waals surface area contributed by atoms with Gasteiger partial charge in [0.1, 0.15) is 0 Å². The third-order valence-electron chi connectivity index (χ3n) is 3.66. The third kappa shape index (κ3) is 2.59. The van der Waals surface area contributed by atoms with E-state index in [9.17, 15) is 9.59 Å². The van der Waals surface area contributed by atoms with E-state index >= 15 is 0 Å². The van der Waals surface area contributed by atoms with Crippen LogP contribution in [0.25, 0.3) is 21.8 Å². The van der Waals surface area contributed by atoms with Gasteiger partial charge in [0.15, 0.2) is 5.16 Å². The lowest BCUT2D eigenvalue weighted by atomic mass is 10.2. The maximum Gasteiger partial charge on any atom is 0.261 e. The Morgan fingerprint density at radius 2 is 1.67 bits per heavy atom. The van der Waals surface area contributed by atoms with Gasteiger partial charge >= 0.3 is 0 Å². The smallest absolute Gasteiger partial charge is 0.261 e. The molecular weight excluding hydrogens is 324 g/mol. The van der Waals surface area contributed by atoms with Crippen LogP contribution >= 0.6 is 11.8 Å². The fourth-order valence-electron chi connectivity index (χ4n) is 2.46. The molecule has 24 heavy (non-hydrogen) atoms. The van der Waals surface area contributed by atoms with Crippen molar-refractivity contribution >= 4 is 33.6 Å². The summed E-state index contributed by atoms with van der Waals surface area (Å²) in [5.41, 5.74) is 0.997. The lowest BCUT2D eigenvalue weighted by molar-refractivity contribution is 0.817. The molecule has 2 aromatic carbocycles. The second kappa shape index (κ2) is 5.93. The molecule has 118 valence electrons. The SMILES string of the molecule is O=c1[nH]c(SCn2cnc3ccccc3c2=O)nc2ccccc12. The van der Waals surface area contributed by atoms with Gasteiger partial charge in [-0.3, -0.25) is 14.2 Å². The zero-order chi connectivity index (χ0) is 16.5. The first-order valence-corrected chi connectivity index (χ1v) is 8.27. The average Bonchev–Trinajstić information content (AvgIpc) is 2.61. The Bertz CT molecular complexity index is 1170. The summed E-state index contributed by atoms with van der Waals surface area (Å²) in [5.74, 6) is 0.317. The first-order valence-electron chi connectivity index (χ1n) is 7.28. The van der Waals surface area contributed by atoms with Crippen LogP contribution in [-0.4, -0.2) is 19.5 Å². The Morgan fingerprint density at radius 1 is 0.958 bits per heavy atom. The van der Waals surface area contributed by atoms with E-state index in [1.807, 2.05) is 18.2 Å². The number of benzene rings is 2. The lowest BCUT2D eigenvalue weighted by Gasteiger charge is -2.06. The van der Waals surface area contributed by atoms with E-state index in [0.717, 1.165) is 0 Å². The number of para-hydroxylation sites is 2. The summed E-state index contributed by atoms with van der Waals surface area (Å²) < 4.78 is 1.50. The lowest BCUT2D eigenvalue weighted by Crippen LogP contribution is -2.19. The molecule has 4 aromatic rings. The molecule has 1 N–H and O–H groups in total. The summed E-state index contributed by atoms with van der Waals surface area (Å²) >= 11 is 1.28. The van der Waals surface area contributed by atoms with Crippen molar-refractivity contribution in [2.45, 2.75) is 11.0 Å². The van der Waals surface area contributed by atoms with Gasteiger partial charge in [0.2, 0.25) is 0 Å². The van der Waals surface area contributed by atoms with Crippen LogP contribution in [0.5, 0.6) is 0 Å². The first kappa shape index (κ1) is 14.6. The number of hydrogen-bond acceptors (Lipinski definition) is 5. The molecular formula is C17H12N4O2S. The Kier molecular flexibility index (Phi) is 3.62. The normalized spacial score (nSPS) is 11.2. The van der Waals surface area contributed by atoms with Crippen LogP contribution in [0.4, 0.5) is 0 Å². The summed E-state index contributed by atoms with van der Waals surface area (Å²) in [6.45, 7) is 0. The molecule has 0 aliphatic rings. The summed E-state index contributed by atoms with van der Waals surface area (Å²) in [4.78, 5) is 35.9. The summed E-state index contributed by atoms with van der Waals surface area (Å²) in [7, 11) is 0. The Labute approximate surface area is 140 Å². The van der Waals surface area contributed by atoms with Crippen LogP contribution in [0.2, 0.25) is 0 Å². The van der Waals surface area contributed by atoms with Crippen molar-refractivity contribution in [3.8, 4) is 0 Å². The molecule has 0 fully saturated rings. The molecule has 0 atom stereocenters. The molecule has 0 unspecified atom stereocenters. The predicted molar refractivity (Wildman–Crippen MR) is 94.2 cm³/mol. The van der Waals surface area contributed by atoms with Gasteiger partial charge in [0, 0.05) is 0 Å². The number of nitrogens with one attached hydrogen (secondary N) is 1. The zero-order valence-electron chi connectivity index (χ0n) is 12.5. The largest absolute Gasteiger partial charge is 0.301 e. The summed E-state index contributed by atoms with van der Waals surface area (Å²) in [6, 6.07) is 14.4. The van der Waals surface area contributed by atoms with E-state index in [1.165, 1.54) is 22.7 Å². The minimum absolute atomic E-state index is 0.115. The van der Waals surface area contributed by atoms with Gasteiger partial charge in [-0.15, -0.1) is 0 Å². The third-order valence-corrected chi connectivity index (χ3v) is 4.54. The predicted octanol–water partition coefficient (Wildman–Crippen LogP) is 2.38. The molecule has 0 saturated carbocycles. The van der Waals surface area contributed by atoms with Gasteiger partial charge in [0.05, 0.1) is 34.0 Å². The maximum absolute atomic E-state index is 12.4. The number of rotatable bonds is 3. The molecule has 0 spiro atoms. The summed E-state index contributed by atoms with van der Waals surface area (Å²) in [5, 5.41) is 1.59. The monoisotopic (exact) mass is 336 g/mol. The van der Waals surface area contributed by atoms with Gasteiger partial charge in [-0.25, -0.2) is 9.97 Å². The fraction of sp³-hybridized carbons (Fsp3) is 0.0588. The van der Waals surface area contributed by atoms with E-state index < -0.39 is 0 Å². The Morgan fingerprint density at radius 3 is 2.50 bits per heavy atom. The van der Waals surface area contributed by atoms with Crippen molar-refractivity contribution in [2.24, 2.45) is 0 Å². The molecule has 0 bridgehead atoms. The summed E-state index contributed by atoms with van der Waals surface area (Å²) in [6.07, 6.45) is 1.51. The molecule has 4 rings (SSSR count). The van der Waals surface area contributed by atoms with Crippen molar-refractivity contribution in [1.82, 2.24) is 19.5 Å². The van der Waals surface area contributed by atoms with Crippen LogP contribution in [0.1, 0.15) is 0 Å². The van der Waals surface area contributed by atoms with Crippen molar-refractivity contribution in [2.75, 3.05) is 0 Å². The number of aromatic nitrogens is 4. The molecule has 2 aromatic heterocycles. The Hall–Kier alpha value is -2.93. The van der Waals surface area contributed by atoms with Crippen LogP contribution in [0, 0.1) is 0 Å². The highest BCUT2D eigenvalue weighted by Gasteiger charge is 2.07. The molecule has 7 heteroatoms. The Balaban J connectivity index is 1.67. The minimum Gasteiger partial charge on any atom is -0.301 e. The van der Waals surface area contributed by atoms with Gasteiger partial charge < -0.3 is 4.98 Å². The quantitative estimate of drug-likeness (QED) is 0.459. The maximum atomic E-state index is 12.4. The highest BCUT2D eigenvalue weighted by Crippen LogP contribution is 2.16. The fourth-order valence-corrected chi connectivity index (χ4v) is 3.24.